The SMILES string of the molecule is C=C(CCNC=O)Nc1cnc2c(c1)c(C1CC1)cn2C1CCN(CC2CCN(C(=O)c3ccc(C4CN(C(/C=C(\N)c5ccccc5O)=C(N)N)CCO4)cc3)CC2)CC1. The fourth-order valence-corrected chi connectivity index (χ4v) is 9.23. The Hall–Kier alpha value is -5.99. The average molecular weight is 829 g/mol. The number of piperidine rings is 2. The molecule has 0 bridgehead atoms. The second-order valence-electron chi connectivity index (χ2n) is 17.1. The molecule has 322 valence electrons. The largest absolute Gasteiger partial charge is 0.507 e. The van der Waals surface area contributed by atoms with Gasteiger partial charge in [0.1, 0.15) is 23.3 Å². The van der Waals surface area contributed by atoms with Gasteiger partial charge in [-0.3, -0.25) is 9.59 Å². The Labute approximate surface area is 358 Å². The van der Waals surface area contributed by atoms with Crippen molar-refractivity contribution >= 4 is 34.7 Å². The van der Waals surface area contributed by atoms with Crippen LogP contribution in [0.2, 0.25) is 0 Å². The van der Waals surface area contributed by atoms with Crippen LogP contribution in [0.15, 0.2) is 96.9 Å². The monoisotopic (exact) mass is 828 g/mol. The maximum atomic E-state index is 13.6. The van der Waals surface area contributed by atoms with E-state index in [0.717, 1.165) is 81.0 Å². The molecule has 61 heavy (non-hydrogen) atoms. The molecule has 1 atom stereocenters. The summed E-state index contributed by atoms with van der Waals surface area (Å²) in [6, 6.07) is 17.3. The van der Waals surface area contributed by atoms with Gasteiger partial charge in [-0.2, -0.15) is 0 Å². The highest BCUT2D eigenvalue weighted by Crippen LogP contribution is 2.45. The standard InChI is InChI=1S/C47H60N10O4/c1-31(12-17-51-30-58)53-36-24-39-40(33-6-7-33)28-57(46(39)52-26-36)37-15-18-54(19-16-37)27-32-13-20-55(21-14-32)47(60)35-10-8-34(9-11-35)44-29-56(22-23-61-44)42(45(49)50)25-41(48)38-4-2-3-5-43(38)59/h2-5,8-11,24-26,28,30,32-33,37,44,53,59H,1,6-7,12-23,27,29,48-50H2,(H,51,58)/b41-25-. The molecule has 2 amide bonds. The summed E-state index contributed by atoms with van der Waals surface area (Å²) in [6.07, 6.45) is 13.8. The lowest BCUT2D eigenvalue weighted by Gasteiger charge is -2.38. The Kier molecular flexibility index (Phi) is 12.8. The number of hydrogen-bond donors (Lipinski definition) is 6. The molecule has 4 aliphatic rings. The number of likely N-dealkylation sites (tertiary alicyclic amines) is 2. The normalized spacial score (nSPS) is 19.5. The van der Waals surface area contributed by atoms with Crippen LogP contribution in [-0.2, 0) is 9.53 Å². The van der Waals surface area contributed by atoms with Crippen molar-refractivity contribution in [3.05, 3.63) is 119 Å². The fourth-order valence-electron chi connectivity index (χ4n) is 9.23. The number of rotatable bonds is 15. The number of nitrogens with two attached hydrogens (primary N) is 3. The van der Waals surface area contributed by atoms with Crippen molar-refractivity contribution in [1.82, 2.24) is 29.6 Å². The summed E-state index contributed by atoms with van der Waals surface area (Å²) in [6.45, 7) is 10.9. The first kappa shape index (κ1) is 41.7. The number of phenolic OH excluding ortho intramolecular Hbond substituents is 1. The lowest BCUT2D eigenvalue weighted by atomic mass is 9.94. The lowest BCUT2D eigenvalue weighted by molar-refractivity contribution is -0.109. The molecule has 4 fully saturated rings. The van der Waals surface area contributed by atoms with E-state index in [9.17, 15) is 14.7 Å². The number of aromatic nitrogens is 2. The summed E-state index contributed by atoms with van der Waals surface area (Å²) in [4.78, 5) is 35.9. The quantitative estimate of drug-likeness (QED) is 0.0516. The number of phenols is 1. The minimum absolute atomic E-state index is 0.0701. The maximum Gasteiger partial charge on any atom is 0.253 e. The van der Waals surface area contributed by atoms with Crippen molar-refractivity contribution in [1.29, 1.82) is 0 Å². The molecule has 2 aromatic heterocycles. The Morgan fingerprint density at radius 3 is 2.41 bits per heavy atom. The number of nitrogens with zero attached hydrogens (tertiary/aromatic N) is 5. The summed E-state index contributed by atoms with van der Waals surface area (Å²) in [7, 11) is 0. The van der Waals surface area contributed by atoms with Crippen molar-refractivity contribution in [2.24, 2.45) is 23.1 Å². The first-order valence-corrected chi connectivity index (χ1v) is 21.8. The third-order valence-electron chi connectivity index (χ3n) is 12.8. The average Bonchev–Trinajstić information content (AvgIpc) is 4.06. The number of anilines is 1. The van der Waals surface area contributed by atoms with E-state index in [1.807, 2.05) is 40.3 Å². The van der Waals surface area contributed by atoms with E-state index in [2.05, 4.69) is 38.9 Å². The molecule has 8 rings (SSSR count). The number of nitrogens with one attached hydrogen (secondary N) is 2. The molecule has 14 nitrogen and oxygen atoms in total. The molecular formula is C47H60N10O4. The third-order valence-corrected chi connectivity index (χ3v) is 12.8. The predicted molar refractivity (Wildman–Crippen MR) is 239 cm³/mol. The number of carbonyl (C=O) groups is 2. The van der Waals surface area contributed by atoms with Crippen LogP contribution >= 0.6 is 0 Å². The number of morpholine rings is 1. The Bertz CT molecular complexity index is 2260. The van der Waals surface area contributed by atoms with Gasteiger partial charge in [0.2, 0.25) is 6.41 Å². The molecule has 9 N–H and O–H groups in total. The third kappa shape index (κ3) is 9.81. The first-order valence-electron chi connectivity index (χ1n) is 21.8. The molecule has 1 unspecified atom stereocenters. The van der Waals surface area contributed by atoms with Crippen LogP contribution in [0.4, 0.5) is 5.69 Å². The topological polar surface area (TPSA) is 193 Å². The molecule has 2 aromatic carbocycles. The van der Waals surface area contributed by atoms with Crippen LogP contribution in [0.5, 0.6) is 5.75 Å². The summed E-state index contributed by atoms with van der Waals surface area (Å²) in [5, 5.41) is 17.6. The van der Waals surface area contributed by atoms with Crippen molar-refractivity contribution in [3.8, 4) is 5.75 Å². The fraction of sp³-hybridized carbons (Fsp3) is 0.426. The predicted octanol–water partition coefficient (Wildman–Crippen LogP) is 5.33. The molecule has 3 aliphatic heterocycles. The van der Waals surface area contributed by atoms with Gasteiger partial charge in [0.05, 0.1) is 24.2 Å². The van der Waals surface area contributed by atoms with Crippen LogP contribution in [-0.4, -0.2) is 101 Å². The minimum atomic E-state index is -0.251. The Balaban J connectivity index is 0.809. The maximum absolute atomic E-state index is 13.6. The van der Waals surface area contributed by atoms with Crippen LogP contribution in [0.25, 0.3) is 16.7 Å². The van der Waals surface area contributed by atoms with Gasteiger partial charge in [0.25, 0.3) is 5.91 Å². The number of carbonyl (C=O) groups excluding carboxylic acids is 2. The number of fused-ring (bicyclic) bond motifs is 1. The van der Waals surface area contributed by atoms with Gasteiger partial charge in [-0.1, -0.05) is 30.8 Å². The molecule has 0 radical (unpaired) electrons. The van der Waals surface area contributed by atoms with Crippen molar-refractivity contribution in [2.75, 3.05) is 64.3 Å². The van der Waals surface area contributed by atoms with E-state index in [-0.39, 0.29) is 23.6 Å². The van der Waals surface area contributed by atoms with Gasteiger partial charge in [-0.25, -0.2) is 4.98 Å². The van der Waals surface area contributed by atoms with Gasteiger partial charge in [-0.05, 0) is 97.9 Å². The molecule has 3 saturated heterocycles. The number of para-hydroxylation sites is 1. The van der Waals surface area contributed by atoms with Crippen LogP contribution < -0.4 is 27.8 Å². The lowest BCUT2D eigenvalue weighted by Crippen LogP contribution is -2.43. The number of pyridine rings is 1. The minimum Gasteiger partial charge on any atom is -0.507 e. The smallest absolute Gasteiger partial charge is 0.253 e. The van der Waals surface area contributed by atoms with Crippen LogP contribution in [0, 0.1) is 5.92 Å². The summed E-state index contributed by atoms with van der Waals surface area (Å²) in [5.74, 6) is 1.47. The van der Waals surface area contributed by atoms with Gasteiger partial charge >= 0.3 is 0 Å². The van der Waals surface area contributed by atoms with E-state index in [1.165, 1.54) is 23.8 Å². The number of allylic oxidation sites excluding steroid dienone is 1. The van der Waals surface area contributed by atoms with E-state index < -0.39 is 0 Å². The molecule has 5 heterocycles. The highest BCUT2D eigenvalue weighted by atomic mass is 16.5. The van der Waals surface area contributed by atoms with Gasteiger partial charge in [0, 0.05) is 98.9 Å². The highest BCUT2D eigenvalue weighted by Gasteiger charge is 2.32. The van der Waals surface area contributed by atoms with E-state index >= 15 is 0 Å². The van der Waals surface area contributed by atoms with E-state index in [1.54, 1.807) is 30.3 Å². The first-order chi connectivity index (χ1) is 29.6. The Morgan fingerprint density at radius 1 is 0.951 bits per heavy atom. The Morgan fingerprint density at radius 2 is 1.70 bits per heavy atom. The van der Waals surface area contributed by atoms with Crippen molar-refractivity contribution < 1.29 is 19.4 Å². The summed E-state index contributed by atoms with van der Waals surface area (Å²) < 4.78 is 8.60. The van der Waals surface area contributed by atoms with E-state index in [4.69, 9.17) is 26.9 Å². The number of benzene rings is 2. The van der Waals surface area contributed by atoms with Crippen LogP contribution in [0.3, 0.4) is 0 Å². The molecule has 14 heteroatoms. The zero-order valence-corrected chi connectivity index (χ0v) is 35.0. The second-order valence-corrected chi connectivity index (χ2v) is 17.1. The molecule has 0 spiro atoms. The molecule has 1 aliphatic carbocycles. The number of hydrogen-bond acceptors (Lipinski definition) is 11. The summed E-state index contributed by atoms with van der Waals surface area (Å²) in [5.41, 5.74) is 26.0. The zero-order chi connectivity index (χ0) is 42.5. The number of aromatic hydroxyl groups is 1. The van der Waals surface area contributed by atoms with Gasteiger partial charge in [-0.15, -0.1) is 0 Å². The van der Waals surface area contributed by atoms with Crippen molar-refractivity contribution in [2.45, 2.75) is 63.0 Å². The van der Waals surface area contributed by atoms with Gasteiger partial charge < -0.3 is 56.9 Å². The molecule has 1 saturated carbocycles. The molecular weight excluding hydrogens is 769 g/mol. The number of amides is 2. The second kappa shape index (κ2) is 18.7. The van der Waals surface area contributed by atoms with Gasteiger partial charge in [0.15, 0.2) is 0 Å². The van der Waals surface area contributed by atoms with E-state index in [0.29, 0.717) is 79.5 Å². The van der Waals surface area contributed by atoms with Crippen molar-refractivity contribution in [3.63, 3.8) is 0 Å². The van der Waals surface area contributed by atoms with Crippen LogP contribution in [0.1, 0.15) is 90.1 Å². The number of ether oxygens (including phenoxy) is 1. The summed E-state index contributed by atoms with van der Waals surface area (Å²) >= 11 is 0. The zero-order valence-electron chi connectivity index (χ0n) is 35.0. The highest BCUT2D eigenvalue weighted by molar-refractivity contribution is 5.94. The molecule has 4 aromatic rings.